The molecule has 9 nitrogen and oxygen atoms in total. The van der Waals surface area contributed by atoms with Crippen LogP contribution in [-0.2, 0) is 27.8 Å². The minimum absolute atomic E-state index is 0.000103. The Morgan fingerprint density at radius 1 is 1.00 bits per heavy atom. The van der Waals surface area contributed by atoms with Crippen LogP contribution in [0.2, 0.25) is 0 Å². The van der Waals surface area contributed by atoms with Gasteiger partial charge in [0, 0.05) is 30.9 Å². The topological polar surface area (TPSA) is 121 Å². The lowest BCUT2D eigenvalue weighted by Crippen LogP contribution is -2.34. The van der Waals surface area contributed by atoms with E-state index in [0.29, 0.717) is 35.6 Å². The maximum atomic E-state index is 13.5. The number of sulfonamides is 1. The van der Waals surface area contributed by atoms with Gasteiger partial charge in [0.15, 0.2) is 11.6 Å². The molecule has 0 fully saturated rings. The number of carbonyl (C=O) groups is 1. The lowest BCUT2D eigenvalue weighted by Gasteiger charge is -2.18. The Morgan fingerprint density at radius 3 is 2.57 bits per heavy atom. The van der Waals surface area contributed by atoms with Gasteiger partial charge in [-0.1, -0.05) is 12.1 Å². The Bertz CT molecular complexity index is 1780. The number of rotatable bonds is 6. The standard InChI is InChI=1S/C25H20F2N4O5S/c26-19-7-6-17(14-20(19)27)37(35,36)29-16-5-8-21-15(13-16)9-11-30(21)23(32)10-12-31-22-4-2-1-3-18(22)24(33)28-25(31)34/h1-8,13-14,29H,9-12H2,(H,28,33,34). The molecular weight excluding hydrogens is 506 g/mol. The normalized spacial score (nSPS) is 13.1. The quantitative estimate of drug-likeness (QED) is 0.400. The van der Waals surface area contributed by atoms with E-state index >= 15 is 0 Å². The van der Waals surface area contributed by atoms with Gasteiger partial charge in [-0.3, -0.25) is 23.9 Å². The van der Waals surface area contributed by atoms with Crippen molar-refractivity contribution in [3.63, 3.8) is 0 Å². The van der Waals surface area contributed by atoms with E-state index < -0.39 is 37.8 Å². The fourth-order valence-corrected chi connectivity index (χ4v) is 5.45. The second-order valence-electron chi connectivity index (χ2n) is 8.50. The smallest absolute Gasteiger partial charge is 0.312 e. The molecule has 5 rings (SSSR count). The van der Waals surface area contributed by atoms with Crippen molar-refractivity contribution >= 4 is 38.2 Å². The molecule has 12 heteroatoms. The van der Waals surface area contributed by atoms with Gasteiger partial charge >= 0.3 is 5.69 Å². The molecule has 0 spiro atoms. The van der Waals surface area contributed by atoms with Gasteiger partial charge in [-0.15, -0.1) is 0 Å². The zero-order chi connectivity index (χ0) is 26.3. The van der Waals surface area contributed by atoms with Crippen LogP contribution in [0.25, 0.3) is 10.9 Å². The van der Waals surface area contributed by atoms with Gasteiger partial charge in [0.25, 0.3) is 15.6 Å². The molecule has 2 heterocycles. The van der Waals surface area contributed by atoms with Crippen molar-refractivity contribution in [2.75, 3.05) is 16.2 Å². The summed E-state index contributed by atoms with van der Waals surface area (Å²) in [5, 5.41) is 0.347. The summed E-state index contributed by atoms with van der Waals surface area (Å²) < 4.78 is 55.5. The number of anilines is 2. The Kier molecular flexibility index (Phi) is 6.12. The van der Waals surface area contributed by atoms with Crippen molar-refractivity contribution < 1.29 is 22.0 Å². The molecule has 37 heavy (non-hydrogen) atoms. The van der Waals surface area contributed by atoms with Gasteiger partial charge in [0.2, 0.25) is 5.91 Å². The second-order valence-corrected chi connectivity index (χ2v) is 10.2. The SMILES string of the molecule is O=C(CCn1c(=O)[nH]c(=O)c2ccccc21)N1CCc2cc(NS(=O)(=O)c3ccc(F)c(F)c3)ccc21. The van der Waals surface area contributed by atoms with Crippen LogP contribution in [0.4, 0.5) is 20.2 Å². The number of carbonyl (C=O) groups excluding carboxylic acids is 1. The van der Waals surface area contributed by atoms with Gasteiger partial charge in [-0.05, 0) is 60.5 Å². The third kappa shape index (κ3) is 4.62. The number of nitrogens with one attached hydrogen (secondary N) is 2. The number of amides is 1. The average Bonchev–Trinajstić information content (AvgIpc) is 3.28. The zero-order valence-corrected chi connectivity index (χ0v) is 20.0. The number of aryl methyl sites for hydroxylation is 1. The van der Waals surface area contributed by atoms with Crippen LogP contribution < -0.4 is 20.9 Å². The molecule has 0 bridgehead atoms. The molecule has 0 atom stereocenters. The van der Waals surface area contributed by atoms with E-state index in [1.165, 1.54) is 10.6 Å². The molecule has 0 aliphatic carbocycles. The Hall–Kier alpha value is -4.32. The third-order valence-corrected chi connectivity index (χ3v) is 7.56. The summed E-state index contributed by atoms with van der Waals surface area (Å²) in [5.41, 5.74) is 0.891. The molecule has 0 radical (unpaired) electrons. The lowest BCUT2D eigenvalue weighted by atomic mass is 10.1. The zero-order valence-electron chi connectivity index (χ0n) is 19.2. The largest absolute Gasteiger partial charge is 0.328 e. The molecule has 1 aliphatic heterocycles. The van der Waals surface area contributed by atoms with E-state index in [0.717, 1.165) is 17.7 Å². The number of hydrogen-bond donors (Lipinski definition) is 2. The first-order valence-electron chi connectivity index (χ1n) is 11.3. The molecule has 1 amide bonds. The van der Waals surface area contributed by atoms with Crippen molar-refractivity contribution in [1.82, 2.24) is 9.55 Å². The van der Waals surface area contributed by atoms with E-state index in [9.17, 15) is 31.6 Å². The van der Waals surface area contributed by atoms with Gasteiger partial charge in [0.1, 0.15) is 0 Å². The van der Waals surface area contributed by atoms with Crippen LogP contribution in [0.15, 0.2) is 75.1 Å². The Labute approximate surface area is 209 Å². The fraction of sp³-hybridized carbons (Fsp3) is 0.160. The number of aromatic amines is 1. The lowest BCUT2D eigenvalue weighted by molar-refractivity contribution is -0.118. The highest BCUT2D eigenvalue weighted by Gasteiger charge is 2.26. The molecule has 2 N–H and O–H groups in total. The maximum absolute atomic E-state index is 13.5. The molecule has 4 aromatic rings. The van der Waals surface area contributed by atoms with Gasteiger partial charge < -0.3 is 4.90 Å². The van der Waals surface area contributed by atoms with Crippen molar-refractivity contribution in [2.45, 2.75) is 24.3 Å². The van der Waals surface area contributed by atoms with E-state index in [4.69, 9.17) is 0 Å². The number of fused-ring (bicyclic) bond motifs is 2. The second kappa shape index (κ2) is 9.28. The molecule has 3 aromatic carbocycles. The first-order chi connectivity index (χ1) is 17.6. The molecular formula is C25H20F2N4O5S. The van der Waals surface area contributed by atoms with Crippen molar-refractivity contribution in [1.29, 1.82) is 0 Å². The first kappa shape index (κ1) is 24.4. The summed E-state index contributed by atoms with van der Waals surface area (Å²) in [7, 11) is -4.16. The first-order valence-corrected chi connectivity index (χ1v) is 12.8. The molecule has 0 saturated heterocycles. The molecule has 190 valence electrons. The Balaban J connectivity index is 1.32. The number of aromatic nitrogens is 2. The molecule has 1 aromatic heterocycles. The van der Waals surface area contributed by atoms with Crippen molar-refractivity contribution in [3.05, 3.63) is 98.7 Å². The fourth-order valence-electron chi connectivity index (χ4n) is 4.39. The van der Waals surface area contributed by atoms with Gasteiger partial charge in [0.05, 0.1) is 15.8 Å². The van der Waals surface area contributed by atoms with E-state index in [1.54, 1.807) is 41.3 Å². The average molecular weight is 527 g/mol. The van der Waals surface area contributed by atoms with Gasteiger partial charge in [-0.25, -0.2) is 22.0 Å². The number of halogens is 2. The summed E-state index contributed by atoms with van der Waals surface area (Å²) in [6.45, 7) is 0.432. The Morgan fingerprint density at radius 2 is 1.78 bits per heavy atom. The summed E-state index contributed by atoms with van der Waals surface area (Å²) in [5.74, 6) is -2.67. The van der Waals surface area contributed by atoms with Crippen molar-refractivity contribution in [2.24, 2.45) is 0 Å². The summed E-state index contributed by atoms with van der Waals surface area (Å²) in [4.78, 5) is 40.8. The highest BCUT2D eigenvalue weighted by atomic mass is 32.2. The molecule has 1 aliphatic rings. The van der Waals surface area contributed by atoms with Crippen LogP contribution >= 0.6 is 0 Å². The van der Waals surface area contributed by atoms with E-state index in [2.05, 4.69) is 9.71 Å². The predicted molar refractivity (Wildman–Crippen MR) is 133 cm³/mol. The monoisotopic (exact) mass is 526 g/mol. The summed E-state index contributed by atoms with van der Waals surface area (Å²) >= 11 is 0. The van der Waals surface area contributed by atoms with E-state index in [1.807, 2.05) is 0 Å². The molecule has 0 unspecified atom stereocenters. The number of hydrogen-bond acceptors (Lipinski definition) is 5. The van der Waals surface area contributed by atoms with Crippen LogP contribution in [0.5, 0.6) is 0 Å². The van der Waals surface area contributed by atoms with Crippen LogP contribution in [0, 0.1) is 11.6 Å². The number of para-hydroxylation sites is 1. The highest BCUT2D eigenvalue weighted by molar-refractivity contribution is 7.92. The van der Waals surface area contributed by atoms with Gasteiger partial charge in [-0.2, -0.15) is 0 Å². The van der Waals surface area contributed by atoms with Crippen LogP contribution in [0.1, 0.15) is 12.0 Å². The molecule has 0 saturated carbocycles. The summed E-state index contributed by atoms with van der Waals surface area (Å²) in [6, 6.07) is 13.6. The minimum Gasteiger partial charge on any atom is -0.312 e. The number of nitrogens with zero attached hydrogens (tertiary/aromatic N) is 2. The van der Waals surface area contributed by atoms with Crippen molar-refractivity contribution in [3.8, 4) is 0 Å². The maximum Gasteiger partial charge on any atom is 0.328 e. The van der Waals surface area contributed by atoms with E-state index in [-0.39, 0.29) is 24.6 Å². The predicted octanol–water partition coefficient (Wildman–Crippen LogP) is 2.75. The number of H-pyrrole nitrogens is 1. The highest BCUT2D eigenvalue weighted by Crippen LogP contribution is 2.32. The third-order valence-electron chi connectivity index (χ3n) is 6.18. The number of benzene rings is 3. The minimum atomic E-state index is -4.16. The van der Waals surface area contributed by atoms with Crippen LogP contribution in [0.3, 0.4) is 0 Å². The van der Waals surface area contributed by atoms with Crippen LogP contribution in [-0.4, -0.2) is 30.4 Å². The summed E-state index contributed by atoms with van der Waals surface area (Å²) in [6.07, 6.45) is 0.475.